The monoisotopic (exact) mass is 352 g/mol. The van der Waals surface area contributed by atoms with Crippen molar-refractivity contribution in [2.75, 3.05) is 12.3 Å². The van der Waals surface area contributed by atoms with E-state index in [1.54, 1.807) is 22.6 Å². The van der Waals surface area contributed by atoms with Crippen molar-refractivity contribution in [2.45, 2.75) is 18.4 Å². The first kappa shape index (κ1) is 17.2. The molecule has 1 heterocycles. The highest BCUT2D eigenvalue weighted by Crippen LogP contribution is 2.17. The summed E-state index contributed by atoms with van der Waals surface area (Å²) in [7, 11) is 0. The summed E-state index contributed by atoms with van der Waals surface area (Å²) in [6.45, 7) is 3.26. The first-order valence-electron chi connectivity index (χ1n) is 8.12. The van der Waals surface area contributed by atoms with Crippen LogP contribution >= 0.6 is 11.8 Å². The lowest BCUT2D eigenvalue weighted by Gasteiger charge is -2.04. The molecule has 0 aliphatic carbocycles. The molecule has 0 aliphatic rings. The van der Waals surface area contributed by atoms with Gasteiger partial charge in [0.15, 0.2) is 5.69 Å². The maximum atomic E-state index is 12.1. The molecule has 0 saturated carbocycles. The number of carbonyl (C=O) groups excluding carboxylic acids is 1. The van der Waals surface area contributed by atoms with Crippen LogP contribution in [0.2, 0.25) is 0 Å². The van der Waals surface area contributed by atoms with Crippen molar-refractivity contribution in [2.24, 2.45) is 0 Å². The van der Waals surface area contributed by atoms with Gasteiger partial charge in [0.2, 0.25) is 0 Å². The molecule has 2 aromatic carbocycles. The van der Waals surface area contributed by atoms with E-state index in [-0.39, 0.29) is 5.91 Å². The number of aryl methyl sites for hydroxylation is 1. The minimum Gasteiger partial charge on any atom is -0.350 e. The summed E-state index contributed by atoms with van der Waals surface area (Å²) in [5, 5.41) is 10.9. The quantitative estimate of drug-likeness (QED) is 0.524. The zero-order valence-corrected chi connectivity index (χ0v) is 14.9. The molecule has 0 saturated heterocycles. The van der Waals surface area contributed by atoms with Crippen LogP contribution in [0.25, 0.3) is 0 Å². The van der Waals surface area contributed by atoms with E-state index in [2.05, 4.69) is 46.8 Å². The second-order valence-corrected chi connectivity index (χ2v) is 6.87. The number of nitrogens with zero attached hydrogens (tertiary/aromatic N) is 3. The van der Waals surface area contributed by atoms with Gasteiger partial charge < -0.3 is 5.32 Å². The second kappa shape index (κ2) is 8.48. The van der Waals surface area contributed by atoms with Crippen molar-refractivity contribution in [1.29, 1.82) is 0 Å². The minimum atomic E-state index is -0.191. The van der Waals surface area contributed by atoms with Crippen LogP contribution in [0.1, 0.15) is 21.6 Å². The van der Waals surface area contributed by atoms with E-state index in [1.165, 1.54) is 10.5 Å². The van der Waals surface area contributed by atoms with E-state index in [0.717, 1.165) is 11.3 Å². The van der Waals surface area contributed by atoms with Gasteiger partial charge in [0, 0.05) is 17.2 Å². The highest BCUT2D eigenvalue weighted by atomic mass is 32.2. The van der Waals surface area contributed by atoms with Gasteiger partial charge in [-0.1, -0.05) is 53.2 Å². The van der Waals surface area contributed by atoms with Crippen molar-refractivity contribution in [3.05, 3.63) is 77.6 Å². The third-order valence-electron chi connectivity index (χ3n) is 3.64. The van der Waals surface area contributed by atoms with Gasteiger partial charge in [-0.05, 0) is 24.6 Å². The molecule has 0 bridgehead atoms. The van der Waals surface area contributed by atoms with Gasteiger partial charge in [0.25, 0.3) is 5.91 Å². The van der Waals surface area contributed by atoms with E-state index < -0.39 is 0 Å². The van der Waals surface area contributed by atoms with Gasteiger partial charge in [0.1, 0.15) is 0 Å². The fourth-order valence-corrected chi connectivity index (χ4v) is 3.08. The van der Waals surface area contributed by atoms with Crippen LogP contribution < -0.4 is 5.32 Å². The number of thioether (sulfide) groups is 1. The zero-order chi connectivity index (χ0) is 17.5. The molecule has 128 valence electrons. The molecule has 0 spiro atoms. The van der Waals surface area contributed by atoms with Crippen LogP contribution in [0.5, 0.6) is 0 Å². The molecule has 0 radical (unpaired) electrons. The number of carbonyl (C=O) groups is 1. The summed E-state index contributed by atoms with van der Waals surface area (Å²) in [4.78, 5) is 13.3. The number of nitrogens with one attached hydrogen (secondary N) is 1. The predicted octanol–water partition coefficient (Wildman–Crippen LogP) is 3.16. The maximum Gasteiger partial charge on any atom is 0.273 e. The third kappa shape index (κ3) is 5.19. The molecule has 3 aromatic rings. The molecule has 5 nitrogen and oxygen atoms in total. The molecule has 0 unspecified atom stereocenters. The normalized spacial score (nSPS) is 10.6. The lowest BCUT2D eigenvalue weighted by molar-refractivity contribution is 0.0951. The Balaban J connectivity index is 1.44. The highest BCUT2D eigenvalue weighted by molar-refractivity contribution is 7.99. The molecule has 0 fully saturated rings. The summed E-state index contributed by atoms with van der Waals surface area (Å²) in [5.74, 6) is 0.622. The molecule has 25 heavy (non-hydrogen) atoms. The Morgan fingerprint density at radius 1 is 1.12 bits per heavy atom. The number of amides is 1. The van der Waals surface area contributed by atoms with Crippen molar-refractivity contribution in [3.8, 4) is 0 Å². The van der Waals surface area contributed by atoms with Crippen molar-refractivity contribution in [1.82, 2.24) is 20.3 Å². The summed E-state index contributed by atoms with van der Waals surface area (Å²) in [5.41, 5.74) is 2.71. The number of aromatic nitrogens is 3. The Labute approximate surface area is 151 Å². The van der Waals surface area contributed by atoms with E-state index >= 15 is 0 Å². The van der Waals surface area contributed by atoms with Crippen LogP contribution in [0.15, 0.2) is 65.7 Å². The van der Waals surface area contributed by atoms with Crippen molar-refractivity contribution < 1.29 is 4.79 Å². The molecule has 3 rings (SSSR count). The number of hydrogen-bond donors (Lipinski definition) is 1. The Hall–Kier alpha value is -2.60. The smallest absolute Gasteiger partial charge is 0.273 e. The van der Waals surface area contributed by atoms with E-state index in [1.807, 2.05) is 30.3 Å². The van der Waals surface area contributed by atoms with Crippen LogP contribution in [0.3, 0.4) is 0 Å². The van der Waals surface area contributed by atoms with Gasteiger partial charge in [-0.2, -0.15) is 0 Å². The van der Waals surface area contributed by atoms with Gasteiger partial charge >= 0.3 is 0 Å². The van der Waals surface area contributed by atoms with E-state index in [0.29, 0.717) is 18.8 Å². The SMILES string of the molecule is Cc1ccc(SCCNC(=O)c2cn(Cc3ccccc3)nn2)cc1. The summed E-state index contributed by atoms with van der Waals surface area (Å²) in [6.07, 6.45) is 1.68. The fraction of sp³-hybridized carbons (Fsp3) is 0.211. The van der Waals surface area contributed by atoms with Gasteiger partial charge in [-0.25, -0.2) is 4.68 Å². The summed E-state index contributed by atoms with van der Waals surface area (Å²) >= 11 is 1.72. The van der Waals surface area contributed by atoms with Gasteiger partial charge in [-0.15, -0.1) is 16.9 Å². The first-order chi connectivity index (χ1) is 12.2. The molecule has 1 aromatic heterocycles. The minimum absolute atomic E-state index is 0.191. The molecular formula is C19H20N4OS. The van der Waals surface area contributed by atoms with Crippen molar-refractivity contribution in [3.63, 3.8) is 0 Å². The topological polar surface area (TPSA) is 59.8 Å². The van der Waals surface area contributed by atoms with Crippen LogP contribution in [-0.2, 0) is 6.54 Å². The molecule has 1 N–H and O–H groups in total. The lowest BCUT2D eigenvalue weighted by atomic mass is 10.2. The molecule has 6 heteroatoms. The van der Waals surface area contributed by atoms with Crippen LogP contribution in [0.4, 0.5) is 0 Å². The Kier molecular flexibility index (Phi) is 5.85. The first-order valence-corrected chi connectivity index (χ1v) is 9.11. The zero-order valence-electron chi connectivity index (χ0n) is 14.1. The Bertz CT molecular complexity index is 815. The number of hydrogen-bond acceptors (Lipinski definition) is 4. The average Bonchev–Trinajstić information content (AvgIpc) is 3.09. The average molecular weight is 352 g/mol. The molecular weight excluding hydrogens is 332 g/mol. The van der Waals surface area contributed by atoms with Gasteiger partial charge in [-0.3, -0.25) is 4.79 Å². The number of benzene rings is 2. The molecule has 0 aliphatic heterocycles. The maximum absolute atomic E-state index is 12.1. The second-order valence-electron chi connectivity index (χ2n) is 5.70. The highest BCUT2D eigenvalue weighted by Gasteiger charge is 2.10. The Morgan fingerprint density at radius 2 is 1.88 bits per heavy atom. The fourth-order valence-electron chi connectivity index (χ4n) is 2.31. The summed E-state index contributed by atoms with van der Waals surface area (Å²) < 4.78 is 1.67. The van der Waals surface area contributed by atoms with Crippen LogP contribution in [-0.4, -0.2) is 33.2 Å². The lowest BCUT2D eigenvalue weighted by Crippen LogP contribution is -2.26. The van der Waals surface area contributed by atoms with Gasteiger partial charge in [0.05, 0.1) is 12.7 Å². The standard InChI is InChI=1S/C19H20N4OS/c1-15-7-9-17(10-8-15)25-12-11-20-19(24)18-14-23(22-21-18)13-16-5-3-2-4-6-16/h2-10,14H,11-13H2,1H3,(H,20,24). The number of rotatable bonds is 7. The Morgan fingerprint density at radius 3 is 2.64 bits per heavy atom. The van der Waals surface area contributed by atoms with E-state index in [9.17, 15) is 4.79 Å². The van der Waals surface area contributed by atoms with Crippen molar-refractivity contribution >= 4 is 17.7 Å². The van der Waals surface area contributed by atoms with E-state index in [4.69, 9.17) is 0 Å². The molecule has 0 atom stereocenters. The van der Waals surface area contributed by atoms with Crippen LogP contribution in [0, 0.1) is 6.92 Å². The summed E-state index contributed by atoms with van der Waals surface area (Å²) in [6, 6.07) is 18.3. The predicted molar refractivity (Wildman–Crippen MR) is 99.8 cm³/mol. The third-order valence-corrected chi connectivity index (χ3v) is 4.65. The molecule has 1 amide bonds. The largest absolute Gasteiger partial charge is 0.350 e.